The van der Waals surface area contributed by atoms with Crippen LogP contribution >= 0.6 is 11.3 Å². The number of para-hydroxylation sites is 1. The molecular formula is C15H16N4S. The predicted octanol–water partition coefficient (Wildman–Crippen LogP) is 3.32. The fourth-order valence-corrected chi connectivity index (χ4v) is 3.10. The molecule has 102 valence electrons. The Kier molecular flexibility index (Phi) is 3.38. The van der Waals surface area contributed by atoms with Gasteiger partial charge in [0.25, 0.3) is 0 Å². The molecule has 0 radical (unpaired) electrons. The highest BCUT2D eigenvalue weighted by Crippen LogP contribution is 2.30. The van der Waals surface area contributed by atoms with Crippen LogP contribution in [-0.4, -0.2) is 14.8 Å². The van der Waals surface area contributed by atoms with Crippen molar-refractivity contribution in [2.45, 2.75) is 19.9 Å². The molecule has 1 unspecified atom stereocenters. The predicted molar refractivity (Wildman–Crippen MR) is 82.0 cm³/mol. The Morgan fingerprint density at radius 3 is 2.65 bits per heavy atom. The van der Waals surface area contributed by atoms with E-state index in [9.17, 15) is 0 Å². The standard InChI is InChI=1S/C15H16N4S/c1-10(16)14-11(2)18-15(20-14)12-8-17-19(9-12)13-6-4-3-5-7-13/h3-10H,16H2,1-2H3. The Bertz CT molecular complexity index is 713. The number of aromatic nitrogens is 3. The molecule has 0 aliphatic rings. The van der Waals surface area contributed by atoms with Crippen LogP contribution in [0.25, 0.3) is 16.3 Å². The van der Waals surface area contributed by atoms with E-state index in [1.54, 1.807) is 11.3 Å². The van der Waals surface area contributed by atoms with Crippen molar-refractivity contribution in [2.75, 3.05) is 0 Å². The van der Waals surface area contributed by atoms with Gasteiger partial charge in [0.1, 0.15) is 5.01 Å². The highest BCUT2D eigenvalue weighted by atomic mass is 32.1. The van der Waals surface area contributed by atoms with Crippen molar-refractivity contribution in [3.05, 3.63) is 53.3 Å². The molecule has 2 heterocycles. The van der Waals surface area contributed by atoms with Crippen LogP contribution in [0.5, 0.6) is 0 Å². The smallest absolute Gasteiger partial charge is 0.127 e. The van der Waals surface area contributed by atoms with Crippen LogP contribution in [0, 0.1) is 6.92 Å². The number of hydrogen-bond donors (Lipinski definition) is 1. The first-order chi connectivity index (χ1) is 9.65. The molecule has 2 N–H and O–H groups in total. The van der Waals surface area contributed by atoms with Crippen LogP contribution in [0.2, 0.25) is 0 Å². The summed E-state index contributed by atoms with van der Waals surface area (Å²) in [6.07, 6.45) is 3.84. The van der Waals surface area contributed by atoms with Crippen molar-refractivity contribution in [1.82, 2.24) is 14.8 Å². The van der Waals surface area contributed by atoms with Gasteiger partial charge in [0.15, 0.2) is 0 Å². The zero-order valence-electron chi connectivity index (χ0n) is 11.4. The van der Waals surface area contributed by atoms with Crippen molar-refractivity contribution < 1.29 is 0 Å². The first kappa shape index (κ1) is 13.0. The van der Waals surface area contributed by atoms with E-state index in [0.29, 0.717) is 0 Å². The Hall–Kier alpha value is -1.98. The molecule has 3 rings (SSSR count). The minimum atomic E-state index is 0.0189. The monoisotopic (exact) mass is 284 g/mol. The lowest BCUT2D eigenvalue weighted by atomic mass is 10.2. The summed E-state index contributed by atoms with van der Waals surface area (Å²) in [6.45, 7) is 3.98. The Morgan fingerprint density at radius 1 is 1.25 bits per heavy atom. The van der Waals surface area contributed by atoms with Gasteiger partial charge in [0.2, 0.25) is 0 Å². The third-order valence-corrected chi connectivity index (χ3v) is 4.50. The molecular weight excluding hydrogens is 268 g/mol. The summed E-state index contributed by atoms with van der Waals surface area (Å²) in [5.74, 6) is 0. The van der Waals surface area contributed by atoms with Gasteiger partial charge >= 0.3 is 0 Å². The van der Waals surface area contributed by atoms with E-state index in [1.807, 2.05) is 61.3 Å². The van der Waals surface area contributed by atoms with Gasteiger partial charge in [0, 0.05) is 22.7 Å². The molecule has 0 bridgehead atoms. The average molecular weight is 284 g/mol. The summed E-state index contributed by atoms with van der Waals surface area (Å²) in [5.41, 5.74) is 9.02. The van der Waals surface area contributed by atoms with E-state index in [4.69, 9.17) is 5.73 Å². The van der Waals surface area contributed by atoms with Gasteiger partial charge < -0.3 is 5.73 Å². The molecule has 0 fully saturated rings. The molecule has 4 nitrogen and oxygen atoms in total. The number of nitrogens with zero attached hydrogens (tertiary/aromatic N) is 3. The maximum Gasteiger partial charge on any atom is 0.127 e. The van der Waals surface area contributed by atoms with E-state index in [-0.39, 0.29) is 6.04 Å². The SMILES string of the molecule is Cc1nc(-c2cnn(-c3ccccc3)c2)sc1C(C)N. The molecule has 0 spiro atoms. The highest BCUT2D eigenvalue weighted by molar-refractivity contribution is 7.15. The lowest BCUT2D eigenvalue weighted by molar-refractivity contribution is 0.825. The summed E-state index contributed by atoms with van der Waals surface area (Å²) >= 11 is 1.64. The summed E-state index contributed by atoms with van der Waals surface area (Å²) in [4.78, 5) is 5.73. The van der Waals surface area contributed by atoms with Crippen LogP contribution in [0.3, 0.4) is 0 Å². The maximum absolute atomic E-state index is 5.95. The quantitative estimate of drug-likeness (QED) is 0.802. The second kappa shape index (κ2) is 5.19. The third-order valence-electron chi connectivity index (χ3n) is 3.10. The number of rotatable bonds is 3. The minimum Gasteiger partial charge on any atom is -0.323 e. The second-order valence-electron chi connectivity index (χ2n) is 4.77. The fourth-order valence-electron chi connectivity index (χ4n) is 2.11. The topological polar surface area (TPSA) is 56.7 Å². The van der Waals surface area contributed by atoms with Gasteiger partial charge in [-0.1, -0.05) is 18.2 Å². The summed E-state index contributed by atoms with van der Waals surface area (Å²) in [7, 11) is 0. The molecule has 5 heteroatoms. The average Bonchev–Trinajstić information content (AvgIpc) is 3.06. The molecule has 0 amide bonds. The van der Waals surface area contributed by atoms with Gasteiger partial charge in [-0.2, -0.15) is 5.10 Å². The lowest BCUT2D eigenvalue weighted by Crippen LogP contribution is -2.03. The number of nitrogens with two attached hydrogens (primary N) is 1. The first-order valence-electron chi connectivity index (χ1n) is 6.48. The van der Waals surface area contributed by atoms with E-state index in [0.717, 1.165) is 26.8 Å². The number of hydrogen-bond acceptors (Lipinski definition) is 4. The molecule has 0 aliphatic heterocycles. The Labute approximate surface area is 121 Å². The molecule has 3 aromatic rings. The summed E-state index contributed by atoms with van der Waals surface area (Å²) in [5, 5.41) is 5.37. The molecule has 1 atom stereocenters. The third kappa shape index (κ3) is 2.37. The van der Waals surface area contributed by atoms with Gasteiger partial charge in [-0.15, -0.1) is 11.3 Å². The first-order valence-corrected chi connectivity index (χ1v) is 7.30. The summed E-state index contributed by atoms with van der Waals surface area (Å²) in [6, 6.07) is 10.1. The van der Waals surface area contributed by atoms with Crippen LogP contribution in [0.15, 0.2) is 42.7 Å². The normalized spacial score (nSPS) is 12.6. The number of benzene rings is 1. The maximum atomic E-state index is 5.95. The zero-order chi connectivity index (χ0) is 14.1. The molecule has 1 aromatic carbocycles. The highest BCUT2D eigenvalue weighted by Gasteiger charge is 2.13. The number of aryl methyl sites for hydroxylation is 1. The van der Waals surface area contributed by atoms with Gasteiger partial charge in [-0.3, -0.25) is 0 Å². The molecule has 0 aliphatic carbocycles. The molecule has 0 saturated heterocycles. The van der Waals surface area contributed by atoms with E-state index < -0.39 is 0 Å². The summed E-state index contributed by atoms with van der Waals surface area (Å²) < 4.78 is 1.86. The Balaban J connectivity index is 1.96. The van der Waals surface area contributed by atoms with Crippen LogP contribution < -0.4 is 5.73 Å². The van der Waals surface area contributed by atoms with Crippen LogP contribution in [0.1, 0.15) is 23.5 Å². The fraction of sp³-hybridized carbons (Fsp3) is 0.200. The molecule has 0 saturated carbocycles. The van der Waals surface area contributed by atoms with Gasteiger partial charge in [-0.05, 0) is 26.0 Å². The molecule has 2 aromatic heterocycles. The van der Waals surface area contributed by atoms with Gasteiger partial charge in [0.05, 0.1) is 17.6 Å². The largest absolute Gasteiger partial charge is 0.323 e. The van der Waals surface area contributed by atoms with E-state index in [1.165, 1.54) is 0 Å². The van der Waals surface area contributed by atoms with E-state index >= 15 is 0 Å². The van der Waals surface area contributed by atoms with Crippen molar-refractivity contribution in [3.63, 3.8) is 0 Å². The van der Waals surface area contributed by atoms with Crippen molar-refractivity contribution in [1.29, 1.82) is 0 Å². The zero-order valence-corrected chi connectivity index (χ0v) is 12.3. The van der Waals surface area contributed by atoms with Gasteiger partial charge in [-0.25, -0.2) is 9.67 Å². The second-order valence-corrected chi connectivity index (χ2v) is 5.80. The lowest BCUT2D eigenvalue weighted by Gasteiger charge is -1.99. The van der Waals surface area contributed by atoms with Crippen molar-refractivity contribution in [2.24, 2.45) is 5.73 Å². The number of thiazole rings is 1. The van der Waals surface area contributed by atoms with Crippen molar-refractivity contribution in [3.8, 4) is 16.3 Å². The van der Waals surface area contributed by atoms with Crippen LogP contribution in [0.4, 0.5) is 0 Å². The van der Waals surface area contributed by atoms with E-state index in [2.05, 4.69) is 10.1 Å². The van der Waals surface area contributed by atoms with Crippen LogP contribution in [-0.2, 0) is 0 Å². The Morgan fingerprint density at radius 2 is 2.00 bits per heavy atom. The van der Waals surface area contributed by atoms with Crippen molar-refractivity contribution >= 4 is 11.3 Å². The minimum absolute atomic E-state index is 0.0189. The molecule has 20 heavy (non-hydrogen) atoms.